The molecule has 1 saturated heterocycles. The van der Waals surface area contributed by atoms with Crippen LogP contribution >= 0.6 is 36.2 Å². The fraction of sp³-hybridized carbons (Fsp3) is 0.571. The van der Waals surface area contributed by atoms with Crippen LogP contribution in [0.5, 0.6) is 5.75 Å². The van der Waals surface area contributed by atoms with E-state index in [2.05, 4.69) is 57.8 Å². The Morgan fingerprint density at radius 1 is 1.13 bits per heavy atom. The molecule has 7 nitrogen and oxygen atoms in total. The molecule has 3 heterocycles. The number of nitrogens with zero attached hydrogens (tertiary/aromatic N) is 4. The Hall–Kier alpha value is -1.84. The van der Waals surface area contributed by atoms with Gasteiger partial charge in [0.1, 0.15) is 12.9 Å². The van der Waals surface area contributed by atoms with Crippen LogP contribution in [0.25, 0.3) is 11.0 Å². The molecule has 0 amide bonds. The molecule has 210 valence electrons. The Morgan fingerprint density at radius 2 is 1.92 bits per heavy atom. The SMILES string of the molecule is CON=Cc1ccsc1CN1CCC(CCc2noc3c(CN(C)C)c(OCC4CC4)ccc23)CC1.Cl.Cl. The highest BCUT2D eigenvalue weighted by Gasteiger charge is 2.25. The van der Waals surface area contributed by atoms with E-state index < -0.39 is 0 Å². The van der Waals surface area contributed by atoms with Crippen LogP contribution in [0, 0.1) is 11.8 Å². The van der Waals surface area contributed by atoms with Gasteiger partial charge in [-0.1, -0.05) is 10.3 Å². The molecule has 5 rings (SSSR count). The Kier molecular flexibility index (Phi) is 11.7. The van der Waals surface area contributed by atoms with Crippen molar-refractivity contribution in [3.8, 4) is 5.75 Å². The van der Waals surface area contributed by atoms with Crippen LogP contribution in [0.4, 0.5) is 0 Å². The molecule has 0 atom stereocenters. The molecular weight excluding hydrogens is 543 g/mol. The van der Waals surface area contributed by atoms with Crippen LogP contribution in [0.2, 0.25) is 0 Å². The van der Waals surface area contributed by atoms with Crippen molar-refractivity contribution in [3.63, 3.8) is 0 Å². The molecule has 0 unspecified atom stereocenters. The second kappa shape index (κ2) is 14.5. The van der Waals surface area contributed by atoms with Crippen LogP contribution in [0.1, 0.15) is 53.8 Å². The van der Waals surface area contributed by atoms with Crippen LogP contribution in [0.3, 0.4) is 0 Å². The normalized spacial score (nSPS) is 16.6. The number of benzene rings is 1. The lowest BCUT2D eigenvalue weighted by Crippen LogP contribution is -2.33. The van der Waals surface area contributed by atoms with E-state index in [1.54, 1.807) is 18.4 Å². The van der Waals surface area contributed by atoms with Gasteiger partial charge >= 0.3 is 0 Å². The standard InChI is InChI=1S/C28H38N4O3S.2ClH/c1-31(2)17-24-26(34-19-21-4-5-21)9-7-23-25(30-35-28(23)24)8-6-20-10-13-32(14-11-20)18-27-22(12-15-36-27)16-29-33-3;;/h7,9,12,15-16,20-21H,4-6,8,10-11,13-14,17-19H2,1-3H3;2*1H. The van der Waals surface area contributed by atoms with Crippen LogP contribution < -0.4 is 4.74 Å². The van der Waals surface area contributed by atoms with E-state index in [4.69, 9.17) is 14.1 Å². The molecule has 1 aliphatic carbocycles. The molecule has 10 heteroatoms. The molecule has 0 radical (unpaired) electrons. The number of hydrogen-bond acceptors (Lipinski definition) is 8. The van der Waals surface area contributed by atoms with Crippen molar-refractivity contribution < 1.29 is 14.1 Å². The highest BCUT2D eigenvalue weighted by Crippen LogP contribution is 2.35. The van der Waals surface area contributed by atoms with E-state index in [1.165, 1.54) is 30.6 Å². The lowest BCUT2D eigenvalue weighted by atomic mass is 9.91. The molecule has 38 heavy (non-hydrogen) atoms. The molecule has 3 aromatic rings. The zero-order chi connectivity index (χ0) is 24.9. The molecule has 1 aromatic carbocycles. The lowest BCUT2D eigenvalue weighted by Gasteiger charge is -2.31. The highest BCUT2D eigenvalue weighted by molar-refractivity contribution is 7.10. The Balaban J connectivity index is 0.00000200. The number of ether oxygens (including phenoxy) is 1. The third kappa shape index (κ3) is 7.85. The van der Waals surface area contributed by atoms with Gasteiger partial charge in [0.2, 0.25) is 0 Å². The minimum absolute atomic E-state index is 0. The molecule has 1 saturated carbocycles. The number of likely N-dealkylation sites (tertiary alicyclic amines) is 1. The Bertz CT molecular complexity index is 1170. The number of piperidine rings is 1. The van der Waals surface area contributed by atoms with E-state index >= 15 is 0 Å². The fourth-order valence-electron chi connectivity index (χ4n) is 5.05. The zero-order valence-electron chi connectivity index (χ0n) is 22.6. The summed E-state index contributed by atoms with van der Waals surface area (Å²) in [4.78, 5) is 10.9. The second-order valence-electron chi connectivity index (χ2n) is 10.5. The quantitative estimate of drug-likeness (QED) is 0.182. The third-order valence-electron chi connectivity index (χ3n) is 7.36. The molecule has 2 aliphatic rings. The lowest BCUT2D eigenvalue weighted by molar-refractivity contribution is 0.173. The number of oxime groups is 1. The van der Waals surface area contributed by atoms with Gasteiger partial charge in [0, 0.05) is 28.9 Å². The predicted molar refractivity (Wildman–Crippen MR) is 159 cm³/mol. The van der Waals surface area contributed by atoms with Gasteiger partial charge in [-0.3, -0.25) is 4.90 Å². The fourth-order valence-corrected chi connectivity index (χ4v) is 5.94. The van der Waals surface area contributed by atoms with Gasteiger partial charge in [0.05, 0.1) is 24.1 Å². The van der Waals surface area contributed by atoms with Gasteiger partial charge in [-0.2, -0.15) is 0 Å². The summed E-state index contributed by atoms with van der Waals surface area (Å²) in [6.45, 7) is 4.85. The van der Waals surface area contributed by atoms with Crippen molar-refractivity contribution in [2.75, 3.05) is 40.9 Å². The first-order valence-corrected chi connectivity index (χ1v) is 14.0. The number of fused-ring (bicyclic) bond motifs is 1. The minimum atomic E-state index is 0. The number of hydrogen-bond donors (Lipinski definition) is 0. The molecule has 2 aromatic heterocycles. The molecule has 0 N–H and O–H groups in total. The summed E-state index contributed by atoms with van der Waals surface area (Å²) in [6.07, 6.45) is 8.96. The number of rotatable bonds is 12. The summed E-state index contributed by atoms with van der Waals surface area (Å²) in [5, 5.41) is 11.7. The molecular formula is C28H40Cl2N4O3S. The van der Waals surface area contributed by atoms with Crippen LogP contribution in [0.15, 0.2) is 33.3 Å². The van der Waals surface area contributed by atoms with Gasteiger partial charge in [-0.25, -0.2) is 0 Å². The number of aryl methyl sites for hydroxylation is 1. The predicted octanol–water partition coefficient (Wildman–Crippen LogP) is 6.41. The summed E-state index contributed by atoms with van der Waals surface area (Å²) in [5.74, 6) is 2.40. The topological polar surface area (TPSA) is 63.3 Å². The van der Waals surface area contributed by atoms with Crippen LogP contribution in [-0.4, -0.2) is 62.1 Å². The third-order valence-corrected chi connectivity index (χ3v) is 8.28. The zero-order valence-corrected chi connectivity index (χ0v) is 25.0. The monoisotopic (exact) mass is 582 g/mol. The average Bonchev–Trinajstić information content (AvgIpc) is 3.45. The van der Waals surface area contributed by atoms with Gasteiger partial charge in [-0.05, 0) is 101 Å². The molecule has 0 bridgehead atoms. The summed E-state index contributed by atoms with van der Waals surface area (Å²) in [6, 6.07) is 6.39. The van der Waals surface area contributed by atoms with E-state index in [1.807, 2.05) is 6.21 Å². The molecule has 0 spiro atoms. The Labute approximate surface area is 242 Å². The van der Waals surface area contributed by atoms with Crippen molar-refractivity contribution >= 4 is 53.3 Å². The molecule has 1 aliphatic heterocycles. The van der Waals surface area contributed by atoms with Crippen LogP contribution in [-0.2, 0) is 24.3 Å². The van der Waals surface area contributed by atoms with Crippen molar-refractivity contribution in [2.45, 2.75) is 51.6 Å². The van der Waals surface area contributed by atoms with Crippen molar-refractivity contribution in [1.82, 2.24) is 15.0 Å². The van der Waals surface area contributed by atoms with Crippen molar-refractivity contribution in [3.05, 3.63) is 45.3 Å². The van der Waals surface area contributed by atoms with Crippen molar-refractivity contribution in [2.24, 2.45) is 17.0 Å². The summed E-state index contributed by atoms with van der Waals surface area (Å²) >= 11 is 1.80. The van der Waals surface area contributed by atoms with E-state index in [0.29, 0.717) is 0 Å². The molecule has 2 fully saturated rings. The van der Waals surface area contributed by atoms with E-state index in [9.17, 15) is 0 Å². The smallest absolute Gasteiger partial charge is 0.175 e. The maximum absolute atomic E-state index is 6.18. The summed E-state index contributed by atoms with van der Waals surface area (Å²) in [5.41, 5.74) is 4.26. The first-order chi connectivity index (χ1) is 17.6. The largest absolute Gasteiger partial charge is 0.493 e. The number of thiophene rings is 1. The number of halogens is 2. The first-order valence-electron chi connectivity index (χ1n) is 13.1. The van der Waals surface area contributed by atoms with Crippen molar-refractivity contribution in [1.29, 1.82) is 0 Å². The first kappa shape index (κ1) is 30.7. The van der Waals surface area contributed by atoms with Gasteiger partial charge in [0.15, 0.2) is 5.58 Å². The summed E-state index contributed by atoms with van der Waals surface area (Å²) < 4.78 is 12.1. The number of aromatic nitrogens is 1. The van der Waals surface area contributed by atoms with Gasteiger partial charge in [0.25, 0.3) is 0 Å². The van der Waals surface area contributed by atoms with Gasteiger partial charge in [-0.15, -0.1) is 36.2 Å². The van der Waals surface area contributed by atoms with E-state index in [0.717, 1.165) is 91.0 Å². The Morgan fingerprint density at radius 3 is 2.63 bits per heavy atom. The summed E-state index contributed by atoms with van der Waals surface area (Å²) in [7, 11) is 5.75. The van der Waals surface area contributed by atoms with E-state index in [-0.39, 0.29) is 24.8 Å². The minimum Gasteiger partial charge on any atom is -0.493 e. The maximum Gasteiger partial charge on any atom is 0.175 e. The average molecular weight is 584 g/mol. The second-order valence-corrected chi connectivity index (χ2v) is 11.5. The maximum atomic E-state index is 6.18. The highest BCUT2D eigenvalue weighted by atomic mass is 35.5. The van der Waals surface area contributed by atoms with Gasteiger partial charge < -0.3 is 19.0 Å².